The third-order valence-corrected chi connectivity index (χ3v) is 6.59. The van der Waals surface area contributed by atoms with Gasteiger partial charge in [-0.25, -0.2) is 9.67 Å². The zero-order valence-electron chi connectivity index (χ0n) is 17.5. The van der Waals surface area contributed by atoms with Crippen LogP contribution in [0.15, 0.2) is 48.6 Å². The Morgan fingerprint density at radius 3 is 2.83 bits per heavy atom. The highest BCUT2D eigenvalue weighted by Gasteiger charge is 2.36. The zero-order valence-corrected chi connectivity index (χ0v) is 18.3. The van der Waals surface area contributed by atoms with Gasteiger partial charge in [0, 0.05) is 30.2 Å². The number of hydrogen-bond acceptors (Lipinski definition) is 5. The molecular formula is C23H29N5S. The molecule has 1 saturated heterocycles. The van der Waals surface area contributed by atoms with Gasteiger partial charge in [0.15, 0.2) is 0 Å². The lowest BCUT2D eigenvalue weighted by molar-refractivity contribution is 0.200. The van der Waals surface area contributed by atoms with Crippen molar-refractivity contribution in [2.45, 2.75) is 39.2 Å². The minimum Gasteiger partial charge on any atom is -0.364 e. The molecule has 1 N–H and O–H groups in total. The van der Waals surface area contributed by atoms with Crippen LogP contribution in [0, 0.1) is 6.92 Å². The van der Waals surface area contributed by atoms with Gasteiger partial charge in [-0.1, -0.05) is 31.2 Å². The van der Waals surface area contributed by atoms with E-state index in [4.69, 9.17) is 4.98 Å². The van der Waals surface area contributed by atoms with Crippen LogP contribution in [0.25, 0.3) is 22.0 Å². The van der Waals surface area contributed by atoms with Crippen LogP contribution < -0.4 is 5.32 Å². The first-order valence-corrected chi connectivity index (χ1v) is 11.1. The van der Waals surface area contributed by atoms with E-state index in [2.05, 4.69) is 72.3 Å². The summed E-state index contributed by atoms with van der Waals surface area (Å²) < 4.78 is 1.90. The number of nitrogens with one attached hydrogen (secondary N) is 1. The maximum atomic E-state index is 4.91. The van der Waals surface area contributed by atoms with Gasteiger partial charge in [0.05, 0.1) is 28.8 Å². The number of aromatic nitrogens is 3. The molecule has 1 aromatic carbocycles. The van der Waals surface area contributed by atoms with E-state index in [-0.39, 0.29) is 5.54 Å². The van der Waals surface area contributed by atoms with E-state index >= 15 is 0 Å². The van der Waals surface area contributed by atoms with Crippen molar-refractivity contribution in [3.05, 3.63) is 59.9 Å². The van der Waals surface area contributed by atoms with Crippen molar-refractivity contribution in [2.24, 2.45) is 0 Å². The second-order valence-corrected chi connectivity index (χ2v) is 8.93. The van der Waals surface area contributed by atoms with Crippen molar-refractivity contribution >= 4 is 17.0 Å². The molecule has 6 heteroatoms. The summed E-state index contributed by atoms with van der Waals surface area (Å²) >= 11 is 1.65. The highest BCUT2D eigenvalue weighted by Crippen LogP contribution is 2.33. The summed E-state index contributed by atoms with van der Waals surface area (Å²) in [6.07, 6.45) is 6.15. The SMILES string of the molecule is C=C(c1csc(-c2cnn(-c3ccc(C)cc3)c2)n1)N(CCC)[C@@]1(C)CCNC1. The Kier molecular flexibility index (Phi) is 5.56. The molecule has 0 bridgehead atoms. The Balaban J connectivity index is 1.56. The second-order valence-electron chi connectivity index (χ2n) is 8.07. The van der Waals surface area contributed by atoms with Crippen LogP contribution in [0.2, 0.25) is 0 Å². The molecule has 0 saturated carbocycles. The molecule has 0 amide bonds. The largest absolute Gasteiger partial charge is 0.364 e. The van der Waals surface area contributed by atoms with Gasteiger partial charge in [0.25, 0.3) is 0 Å². The van der Waals surface area contributed by atoms with Gasteiger partial charge in [-0.2, -0.15) is 5.10 Å². The zero-order chi connectivity index (χ0) is 20.4. The molecule has 3 heterocycles. The Bertz CT molecular complexity index is 979. The Morgan fingerprint density at radius 2 is 2.14 bits per heavy atom. The topological polar surface area (TPSA) is 46.0 Å². The number of hydrogen-bond donors (Lipinski definition) is 1. The first-order valence-electron chi connectivity index (χ1n) is 10.3. The fourth-order valence-corrected chi connectivity index (χ4v) is 4.74. The van der Waals surface area contributed by atoms with Crippen LogP contribution in [-0.4, -0.2) is 44.8 Å². The highest BCUT2D eigenvalue weighted by atomic mass is 32.1. The van der Waals surface area contributed by atoms with E-state index in [1.165, 1.54) is 5.56 Å². The monoisotopic (exact) mass is 407 g/mol. The Morgan fingerprint density at radius 1 is 1.34 bits per heavy atom. The standard InChI is InChI=1S/C23H29N5S/c1-5-12-27(23(4)10-11-24-16-23)18(3)21-15-29-22(26-21)19-13-25-28(14-19)20-8-6-17(2)7-9-20/h6-9,13-15,24H,3,5,10-12,16H2,1-2,4H3/t23-/m0/s1. The molecule has 5 nitrogen and oxygen atoms in total. The van der Waals surface area contributed by atoms with E-state index in [9.17, 15) is 0 Å². The van der Waals surface area contributed by atoms with Gasteiger partial charge in [0.1, 0.15) is 5.01 Å². The number of nitrogens with zero attached hydrogens (tertiary/aromatic N) is 4. The number of benzene rings is 1. The van der Waals surface area contributed by atoms with Crippen LogP contribution in [-0.2, 0) is 0 Å². The van der Waals surface area contributed by atoms with E-state index in [0.29, 0.717) is 0 Å². The number of aryl methyl sites for hydroxylation is 1. The van der Waals surface area contributed by atoms with E-state index in [1.54, 1.807) is 11.3 Å². The first kappa shape index (κ1) is 19.9. The smallest absolute Gasteiger partial charge is 0.127 e. The van der Waals surface area contributed by atoms with Gasteiger partial charge < -0.3 is 10.2 Å². The van der Waals surface area contributed by atoms with Gasteiger partial charge in [-0.15, -0.1) is 11.3 Å². The average molecular weight is 408 g/mol. The van der Waals surface area contributed by atoms with E-state index in [0.717, 1.165) is 60.1 Å². The minimum atomic E-state index is 0.104. The molecule has 1 atom stereocenters. The second kappa shape index (κ2) is 8.13. The van der Waals surface area contributed by atoms with Crippen LogP contribution in [0.1, 0.15) is 37.9 Å². The summed E-state index contributed by atoms with van der Waals surface area (Å²) in [7, 11) is 0. The Hall–Kier alpha value is -2.44. The van der Waals surface area contributed by atoms with Crippen LogP contribution in [0.3, 0.4) is 0 Å². The molecule has 2 aromatic heterocycles. The summed E-state index contributed by atoms with van der Waals surface area (Å²) in [5.41, 5.74) is 5.42. The summed E-state index contributed by atoms with van der Waals surface area (Å²) in [5, 5.41) is 11.1. The molecule has 0 radical (unpaired) electrons. The molecule has 1 aliphatic heterocycles. The Labute approximate surface area is 177 Å². The fraction of sp³-hybridized carbons (Fsp3) is 0.391. The molecule has 0 unspecified atom stereocenters. The summed E-state index contributed by atoms with van der Waals surface area (Å²) in [4.78, 5) is 7.36. The van der Waals surface area contributed by atoms with Gasteiger partial charge >= 0.3 is 0 Å². The lowest BCUT2D eigenvalue weighted by atomic mass is 9.97. The quantitative estimate of drug-likeness (QED) is 0.614. The maximum absolute atomic E-state index is 4.91. The molecular weight excluding hydrogens is 378 g/mol. The third-order valence-electron chi connectivity index (χ3n) is 5.70. The summed E-state index contributed by atoms with van der Waals surface area (Å²) in [5.74, 6) is 0. The van der Waals surface area contributed by atoms with Crippen molar-refractivity contribution in [1.29, 1.82) is 0 Å². The predicted octanol–water partition coefficient (Wildman–Crippen LogP) is 4.74. The predicted molar refractivity (Wildman–Crippen MR) is 121 cm³/mol. The first-order chi connectivity index (χ1) is 14.0. The molecule has 0 aliphatic carbocycles. The third kappa shape index (κ3) is 4.00. The van der Waals surface area contributed by atoms with Gasteiger partial charge in [0.2, 0.25) is 0 Å². The highest BCUT2D eigenvalue weighted by molar-refractivity contribution is 7.13. The molecule has 1 fully saturated rings. The fourth-order valence-electron chi connectivity index (χ4n) is 3.94. The molecule has 152 valence electrons. The lowest BCUT2D eigenvalue weighted by Crippen LogP contribution is -2.47. The maximum Gasteiger partial charge on any atom is 0.127 e. The van der Waals surface area contributed by atoms with Crippen LogP contribution >= 0.6 is 11.3 Å². The number of thiazole rings is 1. The van der Waals surface area contributed by atoms with Crippen molar-refractivity contribution in [3.8, 4) is 16.3 Å². The van der Waals surface area contributed by atoms with Crippen molar-refractivity contribution in [3.63, 3.8) is 0 Å². The van der Waals surface area contributed by atoms with E-state index < -0.39 is 0 Å². The molecule has 0 spiro atoms. The summed E-state index contributed by atoms with van der Waals surface area (Å²) in [6.45, 7) is 14.1. The average Bonchev–Trinajstić information content (AvgIpc) is 3.46. The minimum absolute atomic E-state index is 0.104. The van der Waals surface area contributed by atoms with Crippen molar-refractivity contribution < 1.29 is 0 Å². The molecule has 3 aromatic rings. The molecule has 1 aliphatic rings. The lowest BCUT2D eigenvalue weighted by Gasteiger charge is -2.40. The van der Waals surface area contributed by atoms with E-state index in [1.807, 2.05) is 17.1 Å². The van der Waals surface area contributed by atoms with Crippen molar-refractivity contribution in [1.82, 2.24) is 25.0 Å². The number of rotatable bonds is 7. The summed E-state index contributed by atoms with van der Waals surface area (Å²) in [6, 6.07) is 8.37. The molecule has 29 heavy (non-hydrogen) atoms. The van der Waals surface area contributed by atoms with Crippen LogP contribution in [0.5, 0.6) is 0 Å². The molecule has 4 rings (SSSR count). The normalized spacial score (nSPS) is 18.9. The van der Waals surface area contributed by atoms with Crippen LogP contribution in [0.4, 0.5) is 0 Å². The van der Waals surface area contributed by atoms with Gasteiger partial charge in [-0.05, 0) is 45.4 Å². The van der Waals surface area contributed by atoms with Gasteiger partial charge in [-0.3, -0.25) is 0 Å². The van der Waals surface area contributed by atoms with Crippen molar-refractivity contribution in [2.75, 3.05) is 19.6 Å².